The fourth-order valence-electron chi connectivity index (χ4n) is 12.7. The SMILES string of the molecule is CC(C)Nc1cc(Cl)cc(COc2c(Br)cc(CCC(=O)O)cc2Br)c1F.CCC(C)Nc1cc(Cl)cc(COc2c(Cl)cc(CC(F)C(=O)O)cc2Cl)c1.CCCNc1cc(C)cc(COc2c(Br)cc(CCC(=O)O)cc2Br)c1.CCCNc1cc(Cl)cc(COc2c(Br)cc(CCC(=O)O)cc2Br)c1F.Cc1cc(COc2c(Br)cc(NC(=O)CC(=O)O)cc2Br)cc(NC(C)C)c1. The lowest BCUT2D eigenvalue weighted by molar-refractivity contribution is -0.143. The van der Waals surface area contributed by atoms with Gasteiger partial charge in [-0.05, 0) is 392 Å². The average molecular weight is 2500 g/mol. The Morgan fingerprint density at radius 3 is 1.13 bits per heavy atom. The van der Waals surface area contributed by atoms with Crippen LogP contribution >= 0.6 is 185 Å². The van der Waals surface area contributed by atoms with Crippen molar-refractivity contribution >= 4 is 255 Å². The van der Waals surface area contributed by atoms with Gasteiger partial charge in [0.25, 0.3) is 0 Å². The van der Waals surface area contributed by atoms with E-state index in [4.69, 9.17) is 107 Å². The molecule has 0 saturated heterocycles. The maximum Gasteiger partial charge on any atom is 0.338 e. The lowest BCUT2D eigenvalue weighted by atomic mass is 10.1. The van der Waals surface area contributed by atoms with Crippen LogP contribution in [0.4, 0.5) is 47.3 Å². The molecule has 136 heavy (non-hydrogen) atoms. The minimum atomic E-state index is -2.03. The number of aliphatic carboxylic acids is 5. The summed E-state index contributed by atoms with van der Waals surface area (Å²) in [5.74, 6) is -4.04. The lowest BCUT2D eigenvalue weighted by Crippen LogP contribution is -2.17. The molecule has 0 fully saturated rings. The normalized spacial score (nSPS) is 11.2. The molecule has 0 aliphatic heterocycles. The van der Waals surface area contributed by atoms with Gasteiger partial charge in [0.15, 0.2) is 17.4 Å². The number of carboxylic acid groups (broad SMARTS) is 5. The summed E-state index contributed by atoms with van der Waals surface area (Å²) < 4.78 is 77.5. The molecule has 38 heteroatoms. The van der Waals surface area contributed by atoms with Crippen LogP contribution in [0.3, 0.4) is 0 Å². The molecule has 734 valence electrons. The Balaban J connectivity index is 0.000000261. The van der Waals surface area contributed by atoms with Crippen LogP contribution in [0.1, 0.15) is 162 Å². The number of benzene rings is 10. The summed E-state index contributed by atoms with van der Waals surface area (Å²) in [5.41, 5.74) is 13.2. The van der Waals surface area contributed by atoms with Crippen molar-refractivity contribution in [1.29, 1.82) is 0 Å². The third kappa shape index (κ3) is 41.5. The second-order valence-electron chi connectivity index (χ2n) is 31.6. The van der Waals surface area contributed by atoms with Crippen LogP contribution in [0, 0.1) is 25.5 Å². The van der Waals surface area contributed by atoms with Crippen molar-refractivity contribution in [2.24, 2.45) is 0 Å². The Bertz CT molecular complexity index is 5690. The van der Waals surface area contributed by atoms with E-state index in [9.17, 15) is 41.9 Å². The predicted octanol–water partition coefficient (Wildman–Crippen LogP) is 30.5. The largest absolute Gasteiger partial charge is 0.487 e. The highest BCUT2D eigenvalue weighted by atomic mass is 79.9. The van der Waals surface area contributed by atoms with Crippen molar-refractivity contribution in [2.45, 2.75) is 197 Å². The number of hydrogen-bond acceptors (Lipinski definition) is 16. The third-order valence-corrected chi connectivity index (χ3v) is 24.7. The summed E-state index contributed by atoms with van der Waals surface area (Å²) >= 11 is 58.4. The number of carboxylic acids is 5. The molecule has 1 amide bonds. The minimum absolute atomic E-state index is 0.00112. The molecule has 0 heterocycles. The zero-order valence-electron chi connectivity index (χ0n) is 75.6. The van der Waals surface area contributed by atoms with Crippen LogP contribution in [0.5, 0.6) is 28.7 Å². The molecule has 0 radical (unpaired) electrons. The number of carbonyl (C=O) groups is 6. The van der Waals surface area contributed by atoms with Gasteiger partial charge in [0.2, 0.25) is 12.1 Å². The number of nitrogens with one attached hydrogen (secondary N) is 6. The van der Waals surface area contributed by atoms with Gasteiger partial charge in [-0.3, -0.25) is 24.0 Å². The fourth-order valence-corrected chi connectivity index (χ4v) is 20.0. The number of hydrogen-bond donors (Lipinski definition) is 11. The first-order chi connectivity index (χ1) is 64.2. The highest BCUT2D eigenvalue weighted by Gasteiger charge is 2.23. The zero-order valence-corrected chi connectivity index (χ0v) is 92.1. The Hall–Kier alpha value is -7.90. The maximum absolute atomic E-state index is 14.7. The molecule has 0 aliphatic rings. The second kappa shape index (κ2) is 59.0. The first-order valence-corrected chi connectivity index (χ1v) is 50.8. The van der Waals surface area contributed by atoms with Crippen molar-refractivity contribution in [3.8, 4) is 28.7 Å². The number of amides is 1. The Morgan fingerprint density at radius 1 is 0.375 bits per heavy atom. The minimum Gasteiger partial charge on any atom is -0.487 e. The summed E-state index contributed by atoms with van der Waals surface area (Å²) in [7, 11) is 0. The van der Waals surface area contributed by atoms with Crippen molar-refractivity contribution in [1.82, 2.24) is 0 Å². The lowest BCUT2D eigenvalue weighted by Gasteiger charge is -2.16. The van der Waals surface area contributed by atoms with Gasteiger partial charge in [0, 0.05) is 106 Å². The van der Waals surface area contributed by atoms with E-state index >= 15 is 0 Å². The molecule has 0 aliphatic carbocycles. The molecular formula is C98H104Br8Cl5F3N6O16. The molecule has 2 unspecified atom stereocenters. The van der Waals surface area contributed by atoms with Gasteiger partial charge in [0.1, 0.15) is 62.5 Å². The molecule has 2 atom stereocenters. The number of carbonyl (C=O) groups excluding carboxylic acids is 1. The highest BCUT2D eigenvalue weighted by molar-refractivity contribution is 9.12. The van der Waals surface area contributed by atoms with Crippen molar-refractivity contribution < 1.29 is 91.2 Å². The summed E-state index contributed by atoms with van der Waals surface area (Å²) in [5, 5.41) is 64.3. The Morgan fingerprint density at radius 2 is 0.735 bits per heavy atom. The highest BCUT2D eigenvalue weighted by Crippen LogP contribution is 2.43. The smallest absolute Gasteiger partial charge is 0.338 e. The second-order valence-corrected chi connectivity index (χ2v) is 40.6. The number of alkyl halides is 1. The van der Waals surface area contributed by atoms with Gasteiger partial charge in [-0.2, -0.15) is 0 Å². The number of halogens is 16. The van der Waals surface area contributed by atoms with E-state index in [1.807, 2.05) is 52.0 Å². The molecule has 22 nitrogen and oxygen atoms in total. The zero-order chi connectivity index (χ0) is 101. The fraction of sp³-hybridized carbons (Fsp3) is 0.327. The summed E-state index contributed by atoms with van der Waals surface area (Å²) in [6, 6.07) is 42.2. The van der Waals surface area contributed by atoms with Crippen molar-refractivity contribution in [3.05, 3.63) is 273 Å². The number of aryl methyl sites for hydroxylation is 5. The molecule has 0 aromatic heterocycles. The van der Waals surface area contributed by atoms with Gasteiger partial charge in [-0.15, -0.1) is 0 Å². The van der Waals surface area contributed by atoms with E-state index in [2.05, 4.69) is 237 Å². The number of anilines is 6. The maximum atomic E-state index is 14.7. The molecule has 0 bridgehead atoms. The van der Waals surface area contributed by atoms with Crippen LogP contribution in [-0.4, -0.2) is 98.7 Å². The van der Waals surface area contributed by atoms with Crippen LogP contribution < -0.4 is 55.6 Å². The Kier molecular flexibility index (Phi) is 50.7. The first-order valence-electron chi connectivity index (χ1n) is 42.5. The van der Waals surface area contributed by atoms with E-state index in [-0.39, 0.29) is 67.3 Å². The molecule has 0 saturated carbocycles. The van der Waals surface area contributed by atoms with Crippen molar-refractivity contribution in [2.75, 3.05) is 45.0 Å². The summed E-state index contributed by atoms with van der Waals surface area (Å²) in [6.45, 7) is 23.0. The van der Waals surface area contributed by atoms with Crippen LogP contribution in [0.25, 0.3) is 0 Å². The summed E-state index contributed by atoms with van der Waals surface area (Å²) in [6.07, 6.45) is 1.45. The van der Waals surface area contributed by atoms with Gasteiger partial charge >= 0.3 is 29.8 Å². The Labute approximate surface area is 882 Å². The van der Waals surface area contributed by atoms with E-state index in [1.54, 1.807) is 54.6 Å². The van der Waals surface area contributed by atoms with Crippen molar-refractivity contribution in [3.63, 3.8) is 0 Å². The molecule has 10 aromatic rings. The monoisotopic (exact) mass is 2480 g/mol. The molecule has 11 N–H and O–H groups in total. The van der Waals surface area contributed by atoms with Gasteiger partial charge < -0.3 is 81.1 Å². The topological polar surface area (TPSA) is 322 Å². The molecule has 10 rings (SSSR count). The quantitative estimate of drug-likeness (QED) is 0.0158. The molecular weight excluding hydrogens is 2390 g/mol. The van der Waals surface area contributed by atoms with Crippen LogP contribution in [0.2, 0.25) is 25.1 Å². The number of ether oxygens (including phenoxy) is 5. The number of rotatable bonds is 43. The van der Waals surface area contributed by atoms with Gasteiger partial charge in [0.05, 0.1) is 57.2 Å². The third-order valence-electron chi connectivity index (χ3n) is 18.8. The van der Waals surface area contributed by atoms with E-state index < -0.39 is 60.0 Å². The summed E-state index contributed by atoms with van der Waals surface area (Å²) in [4.78, 5) is 65.1. The standard InChI is InChI=1S/C20H22Br2N2O4.C20H23Br2NO3.C20H21Cl3FNO3.2C19H19Br2ClFNO3/c1-11(2)23-14-5-12(3)4-13(6-14)10-28-20-16(21)7-15(8-17(20)22)24-18(25)9-19(26)27;1-3-6-23-16-8-13(2)7-15(9-16)12-26-20-17(21)10-14(11-18(20)22)4-5-19(24)25;1-3-11(2)25-15-5-13(4-14(21)9-15)10-28-19-16(22)6-12(7-17(19)23)8-18(24)20(26)27;1-10(2)24-16-8-13(22)7-12(18(16)23)9-27-19-14(20)5-11(6-15(19)21)3-4-17(25)26;1-2-5-24-16-9-13(22)8-12(18(16)23)10-27-19-14(20)6-11(7-15(19)21)3-4-17(25)26/h4-8,11,23H,9-10H2,1-3H3,(H,24,25)(H,26,27);7-11,23H,3-6,12H2,1-2H3,(H,24,25);4-7,9,11,18,25H,3,8,10H2,1-2H3,(H,26,27);5-8,10,24H,3-4,9H2,1-2H3,(H,25,26);6-9,24H,2-5,10H2,1H3,(H,25,26). The van der Waals surface area contributed by atoms with E-state index in [1.165, 1.54) is 29.8 Å². The average Bonchev–Trinajstić information content (AvgIpc) is 0.839. The van der Waals surface area contributed by atoms with Crippen LogP contribution in [0.15, 0.2) is 175 Å². The molecule has 0 spiro atoms. The van der Waals surface area contributed by atoms with E-state index in [0.29, 0.717) is 150 Å². The van der Waals surface area contributed by atoms with Gasteiger partial charge in [-0.1, -0.05) is 90.9 Å². The van der Waals surface area contributed by atoms with E-state index in [0.717, 1.165) is 90.8 Å². The van der Waals surface area contributed by atoms with Crippen LogP contribution in [-0.2, 0) is 87.5 Å². The van der Waals surface area contributed by atoms with Gasteiger partial charge in [-0.25, -0.2) is 18.0 Å². The molecule has 10 aromatic carbocycles. The first kappa shape index (κ1) is 117. The predicted molar refractivity (Wildman–Crippen MR) is 566 cm³/mol.